The lowest BCUT2D eigenvalue weighted by atomic mass is 10.0. The highest BCUT2D eigenvalue weighted by molar-refractivity contribution is 6.32. The molecule has 2 N–H and O–H groups in total. The fourth-order valence-electron chi connectivity index (χ4n) is 3.85. The number of aryl methyl sites for hydroxylation is 1. The zero-order valence-corrected chi connectivity index (χ0v) is 16.3. The highest BCUT2D eigenvalue weighted by Crippen LogP contribution is 2.34. The molecule has 2 heterocycles. The molecule has 0 saturated carbocycles. The van der Waals surface area contributed by atoms with Gasteiger partial charge in [0.25, 0.3) is 5.91 Å². The molecule has 0 aliphatic carbocycles. The van der Waals surface area contributed by atoms with Gasteiger partial charge in [0.15, 0.2) is 0 Å². The summed E-state index contributed by atoms with van der Waals surface area (Å²) in [4.78, 5) is 14.7. The van der Waals surface area contributed by atoms with Crippen LogP contribution in [-0.4, -0.2) is 37.0 Å². The second-order valence-corrected chi connectivity index (χ2v) is 7.43. The Kier molecular flexibility index (Phi) is 5.63. The van der Waals surface area contributed by atoms with Crippen molar-refractivity contribution in [2.75, 3.05) is 36.9 Å². The predicted molar refractivity (Wildman–Crippen MR) is 114 cm³/mol. The number of carbonyl (C=O) groups excluding carboxylic acids is 1. The molecule has 2 aliphatic rings. The maximum atomic E-state index is 12.3. The summed E-state index contributed by atoms with van der Waals surface area (Å²) in [5.41, 5.74) is 4.51. The molecule has 0 unspecified atom stereocenters. The smallest absolute Gasteiger partial charge is 0.257 e. The number of ether oxygens (including phenoxy) is 1. The van der Waals surface area contributed by atoms with Gasteiger partial charge in [0.1, 0.15) is 12.4 Å². The summed E-state index contributed by atoms with van der Waals surface area (Å²) < 4.78 is 5.87. The third-order valence-corrected chi connectivity index (χ3v) is 5.40. The van der Waals surface area contributed by atoms with Crippen molar-refractivity contribution < 1.29 is 9.53 Å². The minimum absolute atomic E-state index is 0.0746. The summed E-state index contributed by atoms with van der Waals surface area (Å²) in [5, 5.41) is 6.15. The zero-order chi connectivity index (χ0) is 19.3. The first-order chi connectivity index (χ1) is 13.7. The van der Waals surface area contributed by atoms with Gasteiger partial charge in [0, 0.05) is 29.7 Å². The van der Waals surface area contributed by atoms with E-state index in [1.54, 1.807) is 6.20 Å². The van der Waals surface area contributed by atoms with E-state index in [4.69, 9.17) is 4.74 Å². The standard InChI is InChI=1S/C23H27N3O2/c1-17-6-5-7-21-22(17)20(23(27)25-21)16-24-18-8-10-19(11-9-18)28-15-14-26-12-3-2-4-13-26/h5-11,16,24H,2-4,12-15H2,1H3,(H,25,27). The van der Waals surface area contributed by atoms with E-state index >= 15 is 0 Å². The minimum atomic E-state index is -0.0746. The van der Waals surface area contributed by atoms with Crippen molar-refractivity contribution >= 4 is 22.9 Å². The average Bonchev–Trinajstić information content (AvgIpc) is 3.04. The molecule has 5 nitrogen and oxygen atoms in total. The Balaban J connectivity index is 1.34. The molecule has 1 saturated heterocycles. The molecular weight excluding hydrogens is 350 g/mol. The van der Waals surface area contributed by atoms with Crippen LogP contribution in [-0.2, 0) is 4.79 Å². The number of benzene rings is 2. The summed E-state index contributed by atoms with van der Waals surface area (Å²) >= 11 is 0. The highest BCUT2D eigenvalue weighted by atomic mass is 16.5. The first kappa shape index (κ1) is 18.6. The van der Waals surface area contributed by atoms with Gasteiger partial charge in [-0.15, -0.1) is 0 Å². The van der Waals surface area contributed by atoms with Gasteiger partial charge in [0.05, 0.1) is 5.57 Å². The number of nitrogens with one attached hydrogen (secondary N) is 2. The van der Waals surface area contributed by atoms with Gasteiger partial charge < -0.3 is 15.4 Å². The Morgan fingerprint density at radius 1 is 1.11 bits per heavy atom. The Labute approximate surface area is 166 Å². The van der Waals surface area contributed by atoms with E-state index in [1.807, 2.05) is 49.4 Å². The summed E-state index contributed by atoms with van der Waals surface area (Å²) in [5.74, 6) is 0.796. The lowest BCUT2D eigenvalue weighted by molar-refractivity contribution is -0.110. The van der Waals surface area contributed by atoms with E-state index in [2.05, 4.69) is 15.5 Å². The van der Waals surface area contributed by atoms with Crippen molar-refractivity contribution in [3.8, 4) is 5.75 Å². The van der Waals surface area contributed by atoms with Gasteiger partial charge in [-0.05, 0) is 68.8 Å². The largest absolute Gasteiger partial charge is 0.492 e. The molecule has 2 aromatic rings. The number of carbonyl (C=O) groups is 1. The summed E-state index contributed by atoms with van der Waals surface area (Å²) in [7, 11) is 0. The van der Waals surface area contributed by atoms with Gasteiger partial charge in [-0.3, -0.25) is 9.69 Å². The van der Waals surface area contributed by atoms with Gasteiger partial charge in [-0.25, -0.2) is 0 Å². The number of piperidine rings is 1. The number of anilines is 2. The average molecular weight is 377 g/mol. The van der Waals surface area contributed by atoms with Crippen molar-refractivity contribution in [3.63, 3.8) is 0 Å². The van der Waals surface area contributed by atoms with Crippen LogP contribution in [0.2, 0.25) is 0 Å². The van der Waals surface area contributed by atoms with Crippen LogP contribution in [0.25, 0.3) is 5.57 Å². The lowest BCUT2D eigenvalue weighted by Crippen LogP contribution is -2.33. The van der Waals surface area contributed by atoms with E-state index in [9.17, 15) is 4.79 Å². The van der Waals surface area contributed by atoms with Crippen molar-refractivity contribution in [1.29, 1.82) is 0 Å². The minimum Gasteiger partial charge on any atom is -0.492 e. The molecule has 4 rings (SSSR count). The molecule has 28 heavy (non-hydrogen) atoms. The molecule has 2 aromatic carbocycles. The SMILES string of the molecule is Cc1cccc2c1C(=CNc1ccc(OCCN3CCCCC3)cc1)C(=O)N2. The molecule has 0 spiro atoms. The topological polar surface area (TPSA) is 53.6 Å². The van der Waals surface area contributed by atoms with Crippen LogP contribution in [0.1, 0.15) is 30.4 Å². The van der Waals surface area contributed by atoms with Crippen molar-refractivity contribution in [1.82, 2.24) is 4.90 Å². The molecule has 0 bridgehead atoms. The fourth-order valence-corrected chi connectivity index (χ4v) is 3.85. The van der Waals surface area contributed by atoms with Crippen molar-refractivity contribution in [3.05, 3.63) is 59.8 Å². The second-order valence-electron chi connectivity index (χ2n) is 7.43. The molecular formula is C23H27N3O2. The van der Waals surface area contributed by atoms with Crippen LogP contribution in [0.5, 0.6) is 5.75 Å². The zero-order valence-electron chi connectivity index (χ0n) is 16.3. The first-order valence-electron chi connectivity index (χ1n) is 10.0. The van der Waals surface area contributed by atoms with Crippen LogP contribution in [0.4, 0.5) is 11.4 Å². The molecule has 5 heteroatoms. The van der Waals surface area contributed by atoms with Crippen LogP contribution >= 0.6 is 0 Å². The molecule has 146 valence electrons. The number of likely N-dealkylation sites (tertiary alicyclic amines) is 1. The van der Waals surface area contributed by atoms with Crippen molar-refractivity contribution in [2.45, 2.75) is 26.2 Å². The van der Waals surface area contributed by atoms with Crippen molar-refractivity contribution in [2.24, 2.45) is 0 Å². The van der Waals surface area contributed by atoms with E-state index in [-0.39, 0.29) is 5.91 Å². The Hall–Kier alpha value is -2.79. The number of amides is 1. The van der Waals surface area contributed by atoms with Gasteiger partial charge in [-0.1, -0.05) is 18.6 Å². The molecule has 0 atom stereocenters. The number of hydrogen-bond donors (Lipinski definition) is 2. The third kappa shape index (κ3) is 4.20. The Morgan fingerprint density at radius 2 is 1.89 bits per heavy atom. The molecule has 2 aliphatic heterocycles. The first-order valence-corrected chi connectivity index (χ1v) is 10.0. The van der Waals surface area contributed by atoms with Gasteiger partial charge in [0.2, 0.25) is 0 Å². The molecule has 0 radical (unpaired) electrons. The number of hydrogen-bond acceptors (Lipinski definition) is 4. The summed E-state index contributed by atoms with van der Waals surface area (Å²) in [6.45, 7) is 6.10. The summed E-state index contributed by atoms with van der Waals surface area (Å²) in [6.07, 6.45) is 5.74. The van der Waals surface area contributed by atoms with E-state index in [0.29, 0.717) is 12.2 Å². The second kappa shape index (κ2) is 8.48. The fraction of sp³-hybridized carbons (Fsp3) is 0.348. The maximum absolute atomic E-state index is 12.3. The Morgan fingerprint density at radius 3 is 2.68 bits per heavy atom. The highest BCUT2D eigenvalue weighted by Gasteiger charge is 2.25. The number of fused-ring (bicyclic) bond motifs is 1. The quantitative estimate of drug-likeness (QED) is 0.739. The molecule has 0 aromatic heterocycles. The Bertz CT molecular complexity index is 868. The van der Waals surface area contributed by atoms with Crippen LogP contribution < -0.4 is 15.4 Å². The molecule has 1 amide bonds. The normalized spacial score (nSPS) is 18.0. The predicted octanol–water partition coefficient (Wildman–Crippen LogP) is 4.26. The number of nitrogens with zero attached hydrogens (tertiary/aromatic N) is 1. The summed E-state index contributed by atoms with van der Waals surface area (Å²) in [6, 6.07) is 13.8. The molecule has 1 fully saturated rings. The van der Waals surface area contributed by atoms with E-state index in [1.165, 1.54) is 32.4 Å². The van der Waals surface area contributed by atoms with Crippen LogP contribution in [0.15, 0.2) is 48.7 Å². The van der Waals surface area contributed by atoms with Crippen LogP contribution in [0.3, 0.4) is 0 Å². The van der Waals surface area contributed by atoms with Gasteiger partial charge >= 0.3 is 0 Å². The number of rotatable bonds is 6. The van der Waals surface area contributed by atoms with E-state index < -0.39 is 0 Å². The maximum Gasteiger partial charge on any atom is 0.257 e. The monoisotopic (exact) mass is 377 g/mol. The van der Waals surface area contributed by atoms with Crippen LogP contribution in [0, 0.1) is 6.92 Å². The van der Waals surface area contributed by atoms with Gasteiger partial charge in [-0.2, -0.15) is 0 Å². The van der Waals surface area contributed by atoms with E-state index in [0.717, 1.165) is 34.8 Å². The lowest BCUT2D eigenvalue weighted by Gasteiger charge is -2.26. The third-order valence-electron chi connectivity index (χ3n) is 5.40.